The molecule has 0 bridgehead atoms. The van der Waals surface area contributed by atoms with Crippen LogP contribution in [-0.4, -0.2) is 75.8 Å². The number of carboxylic acids is 2. The first-order valence-electron chi connectivity index (χ1n) is 9.57. The van der Waals surface area contributed by atoms with Crippen molar-refractivity contribution in [3.8, 4) is 0 Å². The van der Waals surface area contributed by atoms with Gasteiger partial charge in [-0.2, -0.15) is 0 Å². The average Bonchev–Trinajstić information content (AvgIpc) is 2.66. The highest BCUT2D eigenvalue weighted by Gasteiger charge is 2.33. The topological polar surface area (TPSA) is 208 Å². The summed E-state index contributed by atoms with van der Waals surface area (Å²) in [6, 6.07) is -5.25. The highest BCUT2D eigenvalue weighted by molar-refractivity contribution is 5.95. The van der Waals surface area contributed by atoms with E-state index >= 15 is 0 Å². The van der Waals surface area contributed by atoms with Crippen molar-refractivity contribution in [3.05, 3.63) is 0 Å². The van der Waals surface area contributed by atoms with Crippen LogP contribution in [0.15, 0.2) is 0 Å². The zero-order valence-electron chi connectivity index (χ0n) is 17.5. The molecule has 0 spiro atoms. The highest BCUT2D eigenvalue weighted by Crippen LogP contribution is 2.10. The monoisotopic (exact) mass is 432 g/mol. The van der Waals surface area contributed by atoms with Gasteiger partial charge in [-0.15, -0.1) is 0 Å². The van der Waals surface area contributed by atoms with Crippen LogP contribution in [0, 0.1) is 11.8 Å². The number of hydrogen-bond acceptors (Lipinski definition) is 7. The molecule has 3 amide bonds. The lowest BCUT2D eigenvalue weighted by Gasteiger charge is -2.27. The quantitative estimate of drug-likeness (QED) is 0.172. The Morgan fingerprint density at radius 3 is 1.80 bits per heavy atom. The molecule has 0 aromatic carbocycles. The molecule has 30 heavy (non-hydrogen) atoms. The van der Waals surface area contributed by atoms with E-state index in [-0.39, 0.29) is 0 Å². The van der Waals surface area contributed by atoms with Gasteiger partial charge in [0.2, 0.25) is 17.7 Å². The van der Waals surface area contributed by atoms with Crippen molar-refractivity contribution in [1.82, 2.24) is 16.0 Å². The third-order valence-corrected chi connectivity index (χ3v) is 4.57. The number of carbonyl (C=O) groups is 5. The standard InChI is InChI=1S/C18H32N4O8/c1-5-9(4)14(22-15(26)10(19)7-23)17(28)20-11(6-12(24)25)16(27)21-13(8(2)3)18(29)30/h8-11,13-14,23H,5-7,19H2,1-4H3,(H,20,28)(H,21,27)(H,22,26)(H,24,25)(H,29,30). The summed E-state index contributed by atoms with van der Waals surface area (Å²) in [5.41, 5.74) is 5.44. The number of aliphatic hydroxyl groups excluding tert-OH is 1. The van der Waals surface area contributed by atoms with Gasteiger partial charge >= 0.3 is 11.9 Å². The zero-order chi connectivity index (χ0) is 23.6. The number of amides is 3. The van der Waals surface area contributed by atoms with Crippen molar-refractivity contribution in [3.63, 3.8) is 0 Å². The Balaban J connectivity index is 5.54. The molecule has 0 fully saturated rings. The van der Waals surface area contributed by atoms with Crippen molar-refractivity contribution < 1.29 is 39.3 Å². The molecular weight excluding hydrogens is 400 g/mol. The van der Waals surface area contributed by atoms with Crippen LogP contribution >= 0.6 is 0 Å². The zero-order valence-corrected chi connectivity index (χ0v) is 17.5. The van der Waals surface area contributed by atoms with E-state index in [4.69, 9.17) is 15.9 Å². The van der Waals surface area contributed by atoms with E-state index in [0.29, 0.717) is 6.42 Å². The van der Waals surface area contributed by atoms with Gasteiger partial charge in [-0.3, -0.25) is 19.2 Å². The lowest BCUT2D eigenvalue weighted by atomic mass is 9.97. The Labute approximate surface area is 174 Å². The molecular formula is C18H32N4O8. The fraction of sp³-hybridized carbons (Fsp3) is 0.722. The highest BCUT2D eigenvalue weighted by atomic mass is 16.4. The summed E-state index contributed by atoms with van der Waals surface area (Å²) in [7, 11) is 0. The SMILES string of the molecule is CCC(C)C(NC(=O)C(N)CO)C(=O)NC(CC(=O)O)C(=O)NC(C(=O)O)C(C)C. The Hall–Kier alpha value is -2.73. The largest absolute Gasteiger partial charge is 0.481 e. The summed E-state index contributed by atoms with van der Waals surface area (Å²) in [6.45, 7) is 5.88. The van der Waals surface area contributed by atoms with Crippen LogP contribution in [0.2, 0.25) is 0 Å². The third kappa shape index (κ3) is 8.74. The first kappa shape index (κ1) is 27.3. The summed E-state index contributed by atoms with van der Waals surface area (Å²) in [4.78, 5) is 59.6. The molecule has 0 radical (unpaired) electrons. The van der Waals surface area contributed by atoms with E-state index < -0.39 is 78.7 Å². The van der Waals surface area contributed by atoms with Crippen molar-refractivity contribution in [2.24, 2.45) is 17.6 Å². The number of carbonyl (C=O) groups excluding carboxylic acids is 3. The van der Waals surface area contributed by atoms with E-state index in [1.54, 1.807) is 27.7 Å². The van der Waals surface area contributed by atoms with Gasteiger partial charge < -0.3 is 37.0 Å². The van der Waals surface area contributed by atoms with E-state index in [1.165, 1.54) is 0 Å². The van der Waals surface area contributed by atoms with Crippen LogP contribution in [0.4, 0.5) is 0 Å². The normalized spacial score (nSPS) is 16.0. The van der Waals surface area contributed by atoms with Crippen LogP contribution in [0.1, 0.15) is 40.5 Å². The van der Waals surface area contributed by atoms with E-state index in [0.717, 1.165) is 0 Å². The molecule has 8 N–H and O–H groups in total. The molecule has 12 heteroatoms. The first-order valence-corrected chi connectivity index (χ1v) is 9.57. The predicted molar refractivity (Wildman–Crippen MR) is 105 cm³/mol. The average molecular weight is 432 g/mol. The van der Waals surface area contributed by atoms with Gasteiger partial charge in [0.05, 0.1) is 13.0 Å². The van der Waals surface area contributed by atoms with Gasteiger partial charge in [0.1, 0.15) is 24.2 Å². The molecule has 5 atom stereocenters. The summed E-state index contributed by atoms with van der Waals surface area (Å²) in [5.74, 6) is -6.19. The molecule has 172 valence electrons. The molecule has 0 saturated heterocycles. The second-order valence-electron chi connectivity index (χ2n) is 7.39. The van der Waals surface area contributed by atoms with E-state index in [2.05, 4.69) is 16.0 Å². The Morgan fingerprint density at radius 1 is 0.867 bits per heavy atom. The number of hydrogen-bond donors (Lipinski definition) is 7. The van der Waals surface area contributed by atoms with Gasteiger partial charge in [-0.1, -0.05) is 34.1 Å². The van der Waals surface area contributed by atoms with Gasteiger partial charge in [0.25, 0.3) is 0 Å². The summed E-state index contributed by atoms with van der Waals surface area (Å²) in [5, 5.41) is 34.1. The number of aliphatic hydroxyl groups is 1. The minimum atomic E-state index is -1.56. The number of rotatable bonds is 13. The van der Waals surface area contributed by atoms with Crippen molar-refractivity contribution >= 4 is 29.7 Å². The van der Waals surface area contributed by atoms with E-state index in [1.807, 2.05) is 0 Å². The second kappa shape index (κ2) is 12.8. The smallest absolute Gasteiger partial charge is 0.326 e. The molecule has 0 aliphatic carbocycles. The summed E-state index contributed by atoms with van der Waals surface area (Å²) >= 11 is 0. The maximum atomic E-state index is 12.7. The van der Waals surface area contributed by atoms with Crippen LogP contribution < -0.4 is 21.7 Å². The molecule has 0 aromatic rings. The number of carboxylic acid groups (broad SMARTS) is 2. The fourth-order valence-electron chi connectivity index (χ4n) is 2.46. The summed E-state index contributed by atoms with van der Waals surface area (Å²) in [6.07, 6.45) is -0.337. The van der Waals surface area contributed by atoms with Crippen LogP contribution in [-0.2, 0) is 24.0 Å². The van der Waals surface area contributed by atoms with Crippen molar-refractivity contribution in [2.75, 3.05) is 6.61 Å². The van der Waals surface area contributed by atoms with Crippen LogP contribution in [0.25, 0.3) is 0 Å². The number of aliphatic carboxylic acids is 2. The maximum Gasteiger partial charge on any atom is 0.326 e. The van der Waals surface area contributed by atoms with Gasteiger partial charge in [-0.05, 0) is 11.8 Å². The molecule has 5 unspecified atom stereocenters. The Bertz CT molecular complexity index is 640. The first-order chi connectivity index (χ1) is 13.8. The lowest BCUT2D eigenvalue weighted by molar-refractivity contribution is -0.144. The van der Waals surface area contributed by atoms with Gasteiger partial charge in [-0.25, -0.2) is 4.79 Å². The number of nitrogens with two attached hydrogens (primary N) is 1. The molecule has 0 saturated carbocycles. The van der Waals surface area contributed by atoms with Crippen LogP contribution in [0.5, 0.6) is 0 Å². The van der Waals surface area contributed by atoms with Gasteiger partial charge in [0, 0.05) is 0 Å². The molecule has 0 aliphatic rings. The lowest BCUT2D eigenvalue weighted by Crippen LogP contribution is -2.59. The fourth-order valence-corrected chi connectivity index (χ4v) is 2.46. The Kier molecular flexibility index (Phi) is 11.6. The Morgan fingerprint density at radius 2 is 1.40 bits per heavy atom. The molecule has 0 heterocycles. The predicted octanol–water partition coefficient (Wildman–Crippen LogP) is -1.98. The molecule has 12 nitrogen and oxygen atoms in total. The molecule has 0 aromatic heterocycles. The second-order valence-corrected chi connectivity index (χ2v) is 7.39. The van der Waals surface area contributed by atoms with Crippen molar-refractivity contribution in [2.45, 2.75) is 64.7 Å². The van der Waals surface area contributed by atoms with Crippen molar-refractivity contribution in [1.29, 1.82) is 0 Å². The van der Waals surface area contributed by atoms with Crippen LogP contribution in [0.3, 0.4) is 0 Å². The van der Waals surface area contributed by atoms with Gasteiger partial charge in [0.15, 0.2) is 0 Å². The number of nitrogens with one attached hydrogen (secondary N) is 3. The van der Waals surface area contributed by atoms with E-state index in [9.17, 15) is 29.1 Å². The molecule has 0 aliphatic heterocycles. The third-order valence-electron chi connectivity index (χ3n) is 4.57. The maximum absolute atomic E-state index is 12.7. The molecule has 0 rings (SSSR count). The summed E-state index contributed by atoms with van der Waals surface area (Å²) < 4.78 is 0. The minimum absolute atomic E-state index is 0.407. The minimum Gasteiger partial charge on any atom is -0.481 e.